The predicted molar refractivity (Wildman–Crippen MR) is 102 cm³/mol. The smallest absolute Gasteiger partial charge is 0.264 e. The molecule has 0 aliphatic heterocycles. The number of hydrogen-bond acceptors (Lipinski definition) is 4. The molecule has 0 aliphatic rings. The van der Waals surface area contributed by atoms with Gasteiger partial charge in [-0.2, -0.15) is 0 Å². The van der Waals surface area contributed by atoms with Crippen LogP contribution in [0.1, 0.15) is 16.0 Å². The zero-order valence-corrected chi connectivity index (χ0v) is 15.3. The van der Waals surface area contributed by atoms with Gasteiger partial charge in [-0.25, -0.2) is 4.98 Å². The molecule has 25 heavy (non-hydrogen) atoms. The van der Waals surface area contributed by atoms with Crippen LogP contribution in [0.25, 0.3) is 11.3 Å². The van der Waals surface area contributed by atoms with E-state index in [4.69, 9.17) is 4.74 Å². The van der Waals surface area contributed by atoms with Crippen LogP contribution in [0.5, 0.6) is 5.75 Å². The summed E-state index contributed by atoms with van der Waals surface area (Å²) in [5.74, 6) is 0.477. The molecule has 0 aliphatic carbocycles. The Balaban J connectivity index is 1.62. The van der Waals surface area contributed by atoms with Crippen molar-refractivity contribution in [2.45, 2.75) is 20.8 Å². The lowest BCUT2D eigenvalue weighted by Gasteiger charge is -2.07. The van der Waals surface area contributed by atoms with Crippen molar-refractivity contribution in [3.05, 3.63) is 64.5 Å². The fourth-order valence-electron chi connectivity index (χ4n) is 2.42. The van der Waals surface area contributed by atoms with Crippen molar-refractivity contribution in [2.75, 3.05) is 11.9 Å². The molecule has 1 N–H and O–H groups in total. The maximum Gasteiger partial charge on any atom is 0.264 e. The summed E-state index contributed by atoms with van der Waals surface area (Å²) in [6.45, 7) is 6.02. The Morgan fingerprint density at radius 1 is 1.08 bits per heavy atom. The van der Waals surface area contributed by atoms with Crippen LogP contribution < -0.4 is 10.1 Å². The lowest BCUT2D eigenvalue weighted by molar-refractivity contribution is -0.118. The third kappa shape index (κ3) is 4.25. The monoisotopic (exact) mass is 352 g/mol. The van der Waals surface area contributed by atoms with Crippen molar-refractivity contribution < 1.29 is 9.53 Å². The third-order valence-corrected chi connectivity index (χ3v) is 4.82. The van der Waals surface area contributed by atoms with E-state index < -0.39 is 0 Å². The number of ether oxygens (including phenoxy) is 1. The van der Waals surface area contributed by atoms with Crippen LogP contribution in [0.2, 0.25) is 0 Å². The Morgan fingerprint density at radius 2 is 1.84 bits per heavy atom. The lowest BCUT2D eigenvalue weighted by Crippen LogP contribution is -2.20. The molecule has 5 heteroatoms. The van der Waals surface area contributed by atoms with Crippen molar-refractivity contribution >= 4 is 22.4 Å². The number of anilines is 1. The zero-order valence-electron chi connectivity index (χ0n) is 14.5. The van der Waals surface area contributed by atoms with Crippen molar-refractivity contribution in [3.63, 3.8) is 0 Å². The van der Waals surface area contributed by atoms with Gasteiger partial charge in [0.05, 0.1) is 5.69 Å². The zero-order chi connectivity index (χ0) is 17.8. The minimum atomic E-state index is -0.216. The Labute approximate surface area is 151 Å². The number of nitrogens with zero attached hydrogens (tertiary/aromatic N) is 1. The number of aryl methyl sites for hydroxylation is 3. The van der Waals surface area contributed by atoms with Crippen molar-refractivity contribution in [3.8, 4) is 17.0 Å². The van der Waals surface area contributed by atoms with Gasteiger partial charge in [-0.1, -0.05) is 36.4 Å². The molecule has 128 valence electrons. The molecule has 0 fully saturated rings. The van der Waals surface area contributed by atoms with E-state index in [0.29, 0.717) is 10.9 Å². The summed E-state index contributed by atoms with van der Waals surface area (Å²) in [4.78, 5) is 17.7. The molecular formula is C20H20N2O2S. The van der Waals surface area contributed by atoms with E-state index in [0.717, 1.165) is 21.7 Å². The summed E-state index contributed by atoms with van der Waals surface area (Å²) in [6.07, 6.45) is 0. The molecular weight excluding hydrogens is 332 g/mol. The number of hydrogen-bond donors (Lipinski definition) is 1. The predicted octanol–water partition coefficient (Wildman–Crippen LogP) is 4.75. The molecule has 3 rings (SSSR count). The van der Waals surface area contributed by atoms with Crippen LogP contribution >= 0.6 is 11.3 Å². The Bertz CT molecular complexity index is 888. The SMILES string of the molecule is Cc1ccc(OCC(=O)Nc2nc(-c3ccccc3)c(C)s2)cc1C. The Hall–Kier alpha value is -2.66. The molecule has 0 bridgehead atoms. The quantitative estimate of drug-likeness (QED) is 0.721. The van der Waals surface area contributed by atoms with Crippen LogP contribution in [0.15, 0.2) is 48.5 Å². The molecule has 1 heterocycles. The van der Waals surface area contributed by atoms with Gasteiger partial charge in [0.2, 0.25) is 0 Å². The molecule has 0 atom stereocenters. The van der Waals surface area contributed by atoms with Gasteiger partial charge in [0.15, 0.2) is 11.7 Å². The van der Waals surface area contributed by atoms with Gasteiger partial charge < -0.3 is 4.74 Å². The van der Waals surface area contributed by atoms with Crippen LogP contribution in [0.3, 0.4) is 0 Å². The fraction of sp³-hybridized carbons (Fsp3) is 0.200. The number of amides is 1. The van der Waals surface area contributed by atoms with Gasteiger partial charge >= 0.3 is 0 Å². The van der Waals surface area contributed by atoms with Crippen LogP contribution in [0.4, 0.5) is 5.13 Å². The summed E-state index contributed by atoms with van der Waals surface area (Å²) < 4.78 is 5.56. The number of nitrogens with one attached hydrogen (secondary N) is 1. The highest BCUT2D eigenvalue weighted by molar-refractivity contribution is 7.16. The van der Waals surface area contributed by atoms with Gasteiger partial charge in [-0.15, -0.1) is 11.3 Å². The summed E-state index contributed by atoms with van der Waals surface area (Å²) in [5.41, 5.74) is 4.28. The maximum absolute atomic E-state index is 12.1. The number of carbonyl (C=O) groups excluding carboxylic acids is 1. The fourth-order valence-corrected chi connectivity index (χ4v) is 3.27. The molecule has 0 saturated heterocycles. The van der Waals surface area contributed by atoms with Crippen molar-refractivity contribution in [1.29, 1.82) is 0 Å². The summed E-state index contributed by atoms with van der Waals surface area (Å²) in [5, 5.41) is 3.40. The maximum atomic E-state index is 12.1. The first-order valence-corrected chi connectivity index (χ1v) is 8.87. The Morgan fingerprint density at radius 3 is 2.56 bits per heavy atom. The van der Waals surface area contributed by atoms with Crippen molar-refractivity contribution in [2.24, 2.45) is 0 Å². The van der Waals surface area contributed by atoms with Gasteiger partial charge in [-0.3, -0.25) is 10.1 Å². The number of aromatic nitrogens is 1. The summed E-state index contributed by atoms with van der Waals surface area (Å²) in [6, 6.07) is 15.7. The average Bonchev–Trinajstić information content (AvgIpc) is 2.97. The van der Waals surface area contributed by atoms with Gasteiger partial charge in [-0.05, 0) is 44.0 Å². The van der Waals surface area contributed by atoms with Gasteiger partial charge in [0, 0.05) is 10.4 Å². The minimum absolute atomic E-state index is 0.0399. The second-order valence-electron chi connectivity index (χ2n) is 5.87. The number of rotatable bonds is 5. The molecule has 0 spiro atoms. The van der Waals surface area contributed by atoms with E-state index in [2.05, 4.69) is 10.3 Å². The molecule has 1 amide bonds. The summed E-state index contributed by atoms with van der Waals surface area (Å²) >= 11 is 1.46. The number of carbonyl (C=O) groups is 1. The molecule has 3 aromatic rings. The largest absolute Gasteiger partial charge is 0.484 e. The first kappa shape index (κ1) is 17.2. The number of thiazole rings is 1. The highest BCUT2D eigenvalue weighted by Gasteiger charge is 2.12. The van der Waals surface area contributed by atoms with E-state index in [-0.39, 0.29) is 12.5 Å². The van der Waals surface area contributed by atoms with E-state index in [1.807, 2.05) is 69.3 Å². The lowest BCUT2D eigenvalue weighted by atomic mass is 10.1. The highest BCUT2D eigenvalue weighted by atomic mass is 32.1. The summed E-state index contributed by atoms with van der Waals surface area (Å²) in [7, 11) is 0. The van der Waals surface area contributed by atoms with Crippen LogP contribution in [0, 0.1) is 20.8 Å². The first-order valence-electron chi connectivity index (χ1n) is 8.05. The average molecular weight is 352 g/mol. The Kier molecular flexibility index (Phi) is 5.14. The number of benzene rings is 2. The molecule has 2 aromatic carbocycles. The second-order valence-corrected chi connectivity index (χ2v) is 7.08. The first-order chi connectivity index (χ1) is 12.0. The van der Waals surface area contributed by atoms with Gasteiger partial charge in [0.1, 0.15) is 5.75 Å². The second kappa shape index (κ2) is 7.49. The van der Waals surface area contributed by atoms with Crippen molar-refractivity contribution in [1.82, 2.24) is 4.98 Å². The topological polar surface area (TPSA) is 51.2 Å². The van der Waals surface area contributed by atoms with E-state index >= 15 is 0 Å². The van der Waals surface area contributed by atoms with E-state index in [1.165, 1.54) is 16.9 Å². The standard InChI is InChI=1S/C20H20N2O2S/c1-13-9-10-17(11-14(13)2)24-12-18(23)21-20-22-19(15(3)25-20)16-7-5-4-6-8-16/h4-11H,12H2,1-3H3,(H,21,22,23). The molecule has 0 radical (unpaired) electrons. The van der Waals surface area contributed by atoms with Crippen LogP contribution in [-0.4, -0.2) is 17.5 Å². The molecule has 4 nitrogen and oxygen atoms in total. The van der Waals surface area contributed by atoms with Crippen LogP contribution in [-0.2, 0) is 4.79 Å². The normalized spacial score (nSPS) is 10.5. The van der Waals surface area contributed by atoms with E-state index in [9.17, 15) is 4.79 Å². The third-order valence-electron chi connectivity index (χ3n) is 3.94. The van der Waals surface area contributed by atoms with E-state index in [1.54, 1.807) is 0 Å². The molecule has 1 aromatic heterocycles. The van der Waals surface area contributed by atoms with Gasteiger partial charge in [0.25, 0.3) is 5.91 Å². The molecule has 0 unspecified atom stereocenters. The molecule has 0 saturated carbocycles. The highest BCUT2D eigenvalue weighted by Crippen LogP contribution is 2.30. The minimum Gasteiger partial charge on any atom is -0.484 e.